The molecule has 1 N–H and O–H groups in total. The molecule has 0 saturated carbocycles. The summed E-state index contributed by atoms with van der Waals surface area (Å²) >= 11 is 0. The van der Waals surface area contributed by atoms with E-state index >= 15 is 0 Å². The normalized spacial score (nSPS) is 20.9. The molecule has 1 fully saturated rings. The van der Waals surface area contributed by atoms with Crippen molar-refractivity contribution in [2.45, 2.75) is 31.3 Å². The maximum atomic E-state index is 12.2. The first-order valence-electron chi connectivity index (χ1n) is 7.23. The molecular weight excluding hydrogens is 266 g/mol. The van der Waals surface area contributed by atoms with E-state index in [1.807, 2.05) is 17.0 Å². The van der Waals surface area contributed by atoms with Crippen LogP contribution >= 0.6 is 0 Å². The number of ether oxygens (including phenoxy) is 1. The molecule has 0 radical (unpaired) electrons. The number of aliphatic hydroxyl groups is 1. The molecule has 0 aromatic heterocycles. The topological polar surface area (TPSA) is 49.8 Å². The first-order chi connectivity index (χ1) is 9.95. The smallest absolute Gasteiger partial charge is 0.225 e. The molecule has 1 aliphatic heterocycles. The van der Waals surface area contributed by atoms with Gasteiger partial charge in [0.2, 0.25) is 5.91 Å². The van der Waals surface area contributed by atoms with Crippen molar-refractivity contribution in [3.8, 4) is 5.75 Å². The third-order valence-corrected chi connectivity index (χ3v) is 4.08. The standard InChI is InChI=1S/C17H23NO3/c1-4-17(2,20)11-16(19)18-10-9-14(12-18)13-5-7-15(21-3)8-6-13/h4-8,14,20H,1,9-12H2,2-3H3/t14-,17+/m1/s1. The highest BCUT2D eigenvalue weighted by Crippen LogP contribution is 2.29. The summed E-state index contributed by atoms with van der Waals surface area (Å²) < 4.78 is 5.16. The van der Waals surface area contributed by atoms with Crippen molar-refractivity contribution in [3.63, 3.8) is 0 Å². The predicted octanol–water partition coefficient (Wildman–Crippen LogP) is 2.34. The average Bonchev–Trinajstić information content (AvgIpc) is 2.97. The minimum Gasteiger partial charge on any atom is -0.497 e. The number of hydrogen-bond acceptors (Lipinski definition) is 3. The zero-order chi connectivity index (χ0) is 15.5. The molecular formula is C17H23NO3. The van der Waals surface area contributed by atoms with Gasteiger partial charge in [0.1, 0.15) is 5.75 Å². The maximum Gasteiger partial charge on any atom is 0.225 e. The molecule has 114 valence electrons. The molecule has 2 atom stereocenters. The van der Waals surface area contributed by atoms with Gasteiger partial charge in [-0.05, 0) is 31.0 Å². The van der Waals surface area contributed by atoms with Gasteiger partial charge in [-0.3, -0.25) is 4.79 Å². The Morgan fingerprint density at radius 1 is 1.52 bits per heavy atom. The lowest BCUT2D eigenvalue weighted by Gasteiger charge is -2.23. The van der Waals surface area contributed by atoms with Gasteiger partial charge in [-0.15, -0.1) is 6.58 Å². The minimum absolute atomic E-state index is 0.0177. The number of carbonyl (C=O) groups is 1. The lowest BCUT2D eigenvalue weighted by atomic mass is 9.98. The van der Waals surface area contributed by atoms with Crippen molar-refractivity contribution in [2.24, 2.45) is 0 Å². The summed E-state index contributed by atoms with van der Waals surface area (Å²) in [6, 6.07) is 8.00. The van der Waals surface area contributed by atoms with Crippen LogP contribution in [0, 0.1) is 0 Å². The number of nitrogens with zero attached hydrogens (tertiary/aromatic N) is 1. The van der Waals surface area contributed by atoms with Gasteiger partial charge in [-0.2, -0.15) is 0 Å². The highest BCUT2D eigenvalue weighted by atomic mass is 16.5. The minimum atomic E-state index is -1.13. The summed E-state index contributed by atoms with van der Waals surface area (Å²) in [5.41, 5.74) is 0.0940. The van der Waals surface area contributed by atoms with Crippen molar-refractivity contribution in [3.05, 3.63) is 42.5 Å². The van der Waals surface area contributed by atoms with Crippen LogP contribution in [0.2, 0.25) is 0 Å². The Morgan fingerprint density at radius 3 is 2.76 bits per heavy atom. The van der Waals surface area contributed by atoms with Gasteiger partial charge < -0.3 is 14.7 Å². The van der Waals surface area contributed by atoms with Crippen LogP contribution in [0.4, 0.5) is 0 Å². The van der Waals surface area contributed by atoms with E-state index in [0.717, 1.165) is 18.7 Å². The highest BCUT2D eigenvalue weighted by molar-refractivity contribution is 5.78. The van der Waals surface area contributed by atoms with Crippen LogP contribution in [0.5, 0.6) is 5.75 Å². The van der Waals surface area contributed by atoms with E-state index in [0.29, 0.717) is 12.5 Å². The fourth-order valence-corrected chi connectivity index (χ4v) is 2.63. The lowest BCUT2D eigenvalue weighted by Crippen LogP contribution is -2.35. The number of hydrogen-bond donors (Lipinski definition) is 1. The number of likely N-dealkylation sites (tertiary alicyclic amines) is 1. The van der Waals surface area contributed by atoms with Gasteiger partial charge in [0.05, 0.1) is 19.1 Å². The Kier molecular flexibility index (Phi) is 4.68. The fourth-order valence-electron chi connectivity index (χ4n) is 2.63. The number of benzene rings is 1. The van der Waals surface area contributed by atoms with E-state index in [2.05, 4.69) is 18.7 Å². The van der Waals surface area contributed by atoms with E-state index in [1.54, 1.807) is 14.0 Å². The molecule has 1 amide bonds. The maximum absolute atomic E-state index is 12.2. The van der Waals surface area contributed by atoms with Gasteiger partial charge in [0, 0.05) is 19.0 Å². The second-order valence-corrected chi connectivity index (χ2v) is 5.84. The van der Waals surface area contributed by atoms with Crippen LogP contribution in [0.3, 0.4) is 0 Å². The van der Waals surface area contributed by atoms with Gasteiger partial charge in [-0.1, -0.05) is 18.2 Å². The SMILES string of the molecule is C=C[C@](C)(O)CC(=O)N1CC[C@@H](c2ccc(OC)cc2)C1. The summed E-state index contributed by atoms with van der Waals surface area (Å²) in [5.74, 6) is 1.18. The Morgan fingerprint density at radius 2 is 2.19 bits per heavy atom. The van der Waals surface area contributed by atoms with Crippen molar-refractivity contribution >= 4 is 5.91 Å². The molecule has 0 unspecified atom stereocenters. The van der Waals surface area contributed by atoms with E-state index < -0.39 is 5.60 Å². The Balaban J connectivity index is 1.96. The number of carbonyl (C=O) groups excluding carboxylic acids is 1. The molecule has 0 aliphatic carbocycles. The van der Waals surface area contributed by atoms with Crippen molar-refractivity contribution in [1.82, 2.24) is 4.90 Å². The first-order valence-corrected chi connectivity index (χ1v) is 7.23. The largest absolute Gasteiger partial charge is 0.497 e. The van der Waals surface area contributed by atoms with Gasteiger partial charge in [0.15, 0.2) is 0 Å². The molecule has 1 aromatic rings. The highest BCUT2D eigenvalue weighted by Gasteiger charge is 2.30. The van der Waals surface area contributed by atoms with Crippen LogP contribution in [-0.4, -0.2) is 41.7 Å². The molecule has 0 spiro atoms. The number of methoxy groups -OCH3 is 1. The predicted molar refractivity (Wildman–Crippen MR) is 82.4 cm³/mol. The molecule has 21 heavy (non-hydrogen) atoms. The summed E-state index contributed by atoms with van der Waals surface area (Å²) in [6.07, 6.45) is 2.46. The lowest BCUT2D eigenvalue weighted by molar-refractivity contribution is -0.133. The number of amides is 1. The first kappa shape index (κ1) is 15.6. The summed E-state index contributed by atoms with van der Waals surface area (Å²) in [6.45, 7) is 6.61. The van der Waals surface area contributed by atoms with Crippen LogP contribution in [0.25, 0.3) is 0 Å². The average molecular weight is 289 g/mol. The molecule has 4 nitrogen and oxygen atoms in total. The van der Waals surface area contributed by atoms with E-state index in [4.69, 9.17) is 4.74 Å². The molecule has 2 rings (SSSR count). The van der Waals surface area contributed by atoms with Crippen molar-refractivity contribution in [1.29, 1.82) is 0 Å². The Labute approximate surface area is 126 Å². The van der Waals surface area contributed by atoms with E-state index in [9.17, 15) is 9.90 Å². The zero-order valence-corrected chi connectivity index (χ0v) is 12.7. The van der Waals surface area contributed by atoms with Gasteiger partial charge in [0.25, 0.3) is 0 Å². The van der Waals surface area contributed by atoms with Crippen molar-refractivity contribution in [2.75, 3.05) is 20.2 Å². The Bertz CT molecular complexity index is 507. The second-order valence-electron chi connectivity index (χ2n) is 5.84. The van der Waals surface area contributed by atoms with E-state index in [-0.39, 0.29) is 12.3 Å². The summed E-state index contributed by atoms with van der Waals surface area (Å²) in [7, 11) is 1.65. The molecule has 1 saturated heterocycles. The Hall–Kier alpha value is -1.81. The third kappa shape index (κ3) is 3.85. The quantitative estimate of drug-likeness (QED) is 0.846. The molecule has 0 bridgehead atoms. The van der Waals surface area contributed by atoms with Crippen LogP contribution < -0.4 is 4.74 Å². The molecule has 1 heterocycles. The molecule has 1 aliphatic rings. The fraction of sp³-hybridized carbons (Fsp3) is 0.471. The van der Waals surface area contributed by atoms with Crippen LogP contribution in [0.15, 0.2) is 36.9 Å². The second kappa shape index (κ2) is 6.31. The number of rotatable bonds is 5. The van der Waals surface area contributed by atoms with Gasteiger partial charge in [-0.25, -0.2) is 0 Å². The van der Waals surface area contributed by atoms with Crippen molar-refractivity contribution < 1.29 is 14.6 Å². The van der Waals surface area contributed by atoms with Crippen LogP contribution in [0.1, 0.15) is 31.2 Å². The molecule has 1 aromatic carbocycles. The van der Waals surface area contributed by atoms with Gasteiger partial charge >= 0.3 is 0 Å². The molecule has 4 heteroatoms. The monoisotopic (exact) mass is 289 g/mol. The summed E-state index contributed by atoms with van der Waals surface area (Å²) in [4.78, 5) is 14.0. The summed E-state index contributed by atoms with van der Waals surface area (Å²) in [5, 5.41) is 9.92. The van der Waals surface area contributed by atoms with Crippen LogP contribution in [-0.2, 0) is 4.79 Å². The zero-order valence-electron chi connectivity index (χ0n) is 12.7. The third-order valence-electron chi connectivity index (χ3n) is 4.08. The van der Waals surface area contributed by atoms with E-state index in [1.165, 1.54) is 11.6 Å².